The molecule has 0 bridgehead atoms. The van der Waals surface area contributed by atoms with Gasteiger partial charge < -0.3 is 30.4 Å². The van der Waals surface area contributed by atoms with Crippen molar-refractivity contribution in [2.75, 3.05) is 25.3 Å². The molecule has 1 aliphatic rings. The highest BCUT2D eigenvalue weighted by Gasteiger charge is 2.52. The summed E-state index contributed by atoms with van der Waals surface area (Å²) in [5, 5.41) is 27.2. The second kappa shape index (κ2) is 8.73. The number of para-hydroxylation sites is 1. The summed E-state index contributed by atoms with van der Waals surface area (Å²) in [5.41, 5.74) is 7.98. The summed E-state index contributed by atoms with van der Waals surface area (Å²) in [7, 11) is 4.75. The SMILES string of the molecule is COC(OC)[C@@]1(C)Oc2ccc(N)cc2[C@H](Nc2ccccc2Cc2nnn(C)n2)[C@H]1O. The van der Waals surface area contributed by atoms with Gasteiger partial charge >= 0.3 is 0 Å². The van der Waals surface area contributed by atoms with Gasteiger partial charge in [-0.3, -0.25) is 0 Å². The van der Waals surface area contributed by atoms with Crippen LogP contribution >= 0.6 is 0 Å². The number of anilines is 2. The van der Waals surface area contributed by atoms with E-state index in [2.05, 4.69) is 20.7 Å². The fourth-order valence-corrected chi connectivity index (χ4v) is 4.16. The second-order valence-electron chi connectivity index (χ2n) is 7.98. The monoisotopic (exact) mass is 440 g/mol. The Kier molecular flexibility index (Phi) is 6.00. The summed E-state index contributed by atoms with van der Waals surface area (Å²) in [4.78, 5) is 1.42. The fraction of sp³-hybridized carbons (Fsp3) is 0.409. The van der Waals surface area contributed by atoms with Gasteiger partial charge in [0.1, 0.15) is 11.9 Å². The Morgan fingerprint density at radius 3 is 2.69 bits per heavy atom. The zero-order chi connectivity index (χ0) is 22.9. The van der Waals surface area contributed by atoms with Crippen molar-refractivity contribution < 1.29 is 19.3 Å². The number of methoxy groups -OCH3 is 2. The third-order valence-corrected chi connectivity index (χ3v) is 5.72. The van der Waals surface area contributed by atoms with Crippen LogP contribution in [-0.2, 0) is 22.9 Å². The molecule has 10 heteroatoms. The van der Waals surface area contributed by atoms with Gasteiger partial charge in [0.05, 0.1) is 13.1 Å². The number of nitrogens with zero attached hydrogens (tertiary/aromatic N) is 4. The first-order valence-corrected chi connectivity index (χ1v) is 10.2. The summed E-state index contributed by atoms with van der Waals surface area (Å²) in [6.45, 7) is 1.76. The highest BCUT2D eigenvalue weighted by atomic mass is 16.7. The first kappa shape index (κ1) is 22.0. The van der Waals surface area contributed by atoms with E-state index < -0.39 is 24.0 Å². The van der Waals surface area contributed by atoms with Gasteiger partial charge in [0.15, 0.2) is 17.7 Å². The maximum Gasteiger partial charge on any atom is 0.199 e. The minimum absolute atomic E-state index is 0.482. The molecule has 0 saturated carbocycles. The molecule has 0 amide bonds. The normalized spacial score (nSPS) is 22.4. The van der Waals surface area contributed by atoms with Crippen LogP contribution in [0, 0.1) is 0 Å². The van der Waals surface area contributed by atoms with Crippen LogP contribution in [0.15, 0.2) is 42.5 Å². The Bertz CT molecular complexity index is 1090. The molecular weight excluding hydrogens is 412 g/mol. The number of nitrogens with two attached hydrogens (primary N) is 1. The van der Waals surface area contributed by atoms with Gasteiger partial charge in [0, 0.05) is 37.6 Å². The average Bonchev–Trinajstić information content (AvgIpc) is 3.18. The lowest BCUT2D eigenvalue weighted by atomic mass is 9.84. The Morgan fingerprint density at radius 1 is 1.25 bits per heavy atom. The van der Waals surface area contributed by atoms with Gasteiger partial charge in [-0.1, -0.05) is 18.2 Å². The topological polar surface area (TPSA) is 130 Å². The predicted molar refractivity (Wildman–Crippen MR) is 118 cm³/mol. The van der Waals surface area contributed by atoms with Crippen molar-refractivity contribution in [1.82, 2.24) is 20.2 Å². The number of nitrogen functional groups attached to an aromatic ring is 1. The zero-order valence-electron chi connectivity index (χ0n) is 18.5. The van der Waals surface area contributed by atoms with Crippen molar-refractivity contribution in [3.05, 3.63) is 59.4 Å². The molecule has 1 aromatic heterocycles. The lowest BCUT2D eigenvalue weighted by Gasteiger charge is -2.47. The summed E-state index contributed by atoms with van der Waals surface area (Å²) >= 11 is 0. The average molecular weight is 441 g/mol. The highest BCUT2D eigenvalue weighted by Crippen LogP contribution is 2.44. The van der Waals surface area contributed by atoms with Crippen LogP contribution in [0.2, 0.25) is 0 Å². The van der Waals surface area contributed by atoms with Crippen molar-refractivity contribution in [2.24, 2.45) is 7.05 Å². The first-order valence-electron chi connectivity index (χ1n) is 10.2. The van der Waals surface area contributed by atoms with Crippen LogP contribution < -0.4 is 15.8 Å². The number of aromatic nitrogens is 4. The van der Waals surface area contributed by atoms with E-state index in [1.165, 1.54) is 19.0 Å². The number of rotatable bonds is 7. The molecule has 2 aromatic carbocycles. The summed E-state index contributed by atoms with van der Waals surface area (Å²) in [5.74, 6) is 1.19. The molecule has 0 radical (unpaired) electrons. The summed E-state index contributed by atoms with van der Waals surface area (Å²) in [6.07, 6.45) is -1.34. The molecule has 3 aromatic rings. The second-order valence-corrected chi connectivity index (χ2v) is 7.98. The maximum absolute atomic E-state index is 11.5. The lowest BCUT2D eigenvalue weighted by Crippen LogP contribution is -2.60. The number of aryl methyl sites for hydroxylation is 1. The van der Waals surface area contributed by atoms with E-state index >= 15 is 0 Å². The van der Waals surface area contributed by atoms with E-state index in [-0.39, 0.29) is 0 Å². The van der Waals surface area contributed by atoms with Crippen molar-refractivity contribution in [2.45, 2.75) is 37.4 Å². The molecule has 4 N–H and O–H groups in total. The molecule has 4 rings (SSSR count). The summed E-state index contributed by atoms with van der Waals surface area (Å²) in [6, 6.07) is 12.6. The maximum atomic E-state index is 11.5. The molecule has 32 heavy (non-hydrogen) atoms. The molecule has 0 spiro atoms. The van der Waals surface area contributed by atoms with Crippen molar-refractivity contribution in [1.29, 1.82) is 0 Å². The van der Waals surface area contributed by atoms with E-state index in [1.807, 2.05) is 24.3 Å². The van der Waals surface area contributed by atoms with Gasteiger partial charge in [-0.25, -0.2) is 0 Å². The van der Waals surface area contributed by atoms with E-state index in [9.17, 15) is 5.11 Å². The fourth-order valence-electron chi connectivity index (χ4n) is 4.16. The third-order valence-electron chi connectivity index (χ3n) is 5.72. The van der Waals surface area contributed by atoms with E-state index in [0.717, 1.165) is 16.8 Å². The van der Waals surface area contributed by atoms with Crippen LogP contribution in [0.25, 0.3) is 0 Å². The number of tetrazole rings is 1. The van der Waals surface area contributed by atoms with E-state index in [1.54, 1.807) is 32.2 Å². The zero-order valence-corrected chi connectivity index (χ0v) is 18.5. The number of benzene rings is 2. The molecule has 0 aliphatic carbocycles. The van der Waals surface area contributed by atoms with E-state index in [0.29, 0.717) is 23.7 Å². The number of hydrogen-bond donors (Lipinski definition) is 3. The lowest BCUT2D eigenvalue weighted by molar-refractivity contribution is -0.236. The van der Waals surface area contributed by atoms with Crippen LogP contribution in [0.4, 0.5) is 11.4 Å². The highest BCUT2D eigenvalue weighted by molar-refractivity contribution is 5.58. The number of fused-ring (bicyclic) bond motifs is 1. The van der Waals surface area contributed by atoms with Gasteiger partial charge in [0.2, 0.25) is 0 Å². The molecular formula is C22H28N6O4. The van der Waals surface area contributed by atoms with Gasteiger partial charge in [0.25, 0.3) is 0 Å². The quantitative estimate of drug-likeness (QED) is 0.371. The van der Waals surface area contributed by atoms with Gasteiger partial charge in [-0.15, -0.1) is 10.2 Å². The predicted octanol–water partition coefficient (Wildman–Crippen LogP) is 1.67. The van der Waals surface area contributed by atoms with Crippen LogP contribution in [-0.4, -0.2) is 57.5 Å². The molecule has 2 heterocycles. The van der Waals surface area contributed by atoms with Gasteiger partial charge in [-0.05, 0) is 42.0 Å². The molecule has 170 valence electrons. The smallest absolute Gasteiger partial charge is 0.199 e. The Morgan fingerprint density at radius 2 is 2.00 bits per heavy atom. The minimum Gasteiger partial charge on any atom is -0.479 e. The Hall–Kier alpha value is -3.21. The number of nitrogens with one attached hydrogen (secondary N) is 1. The third kappa shape index (κ3) is 3.99. The largest absolute Gasteiger partial charge is 0.479 e. The molecule has 0 saturated heterocycles. The first-order chi connectivity index (χ1) is 15.4. The van der Waals surface area contributed by atoms with E-state index in [4.69, 9.17) is 19.9 Å². The minimum atomic E-state index is -1.17. The standard InChI is InChI=1S/C22H28N6O4/c1-22(21(30-3)31-4)20(29)19(15-12-14(23)9-10-17(15)32-22)24-16-8-6-5-7-13(16)11-18-25-27-28(2)26-18/h5-10,12,19-21,24,29H,11,23H2,1-4H3/t19-,20+,22-/m0/s1. The molecule has 3 atom stereocenters. The van der Waals surface area contributed by atoms with Crippen LogP contribution in [0.5, 0.6) is 5.75 Å². The number of hydrogen-bond acceptors (Lipinski definition) is 9. The number of ether oxygens (including phenoxy) is 3. The molecule has 10 nitrogen and oxygen atoms in total. The van der Waals surface area contributed by atoms with Gasteiger partial charge in [-0.2, -0.15) is 4.80 Å². The Labute approximate surface area is 186 Å². The Balaban J connectivity index is 1.73. The molecule has 0 unspecified atom stereocenters. The molecule has 1 aliphatic heterocycles. The summed E-state index contributed by atoms with van der Waals surface area (Å²) < 4.78 is 17.1. The van der Waals surface area contributed by atoms with Crippen molar-refractivity contribution in [3.8, 4) is 5.75 Å². The van der Waals surface area contributed by atoms with Crippen LogP contribution in [0.1, 0.15) is 29.9 Å². The number of aliphatic hydroxyl groups is 1. The van der Waals surface area contributed by atoms with Crippen LogP contribution in [0.3, 0.4) is 0 Å². The van der Waals surface area contributed by atoms with Crippen molar-refractivity contribution in [3.63, 3.8) is 0 Å². The number of aliphatic hydroxyl groups excluding tert-OH is 1. The molecule has 0 fully saturated rings. The van der Waals surface area contributed by atoms with Crippen molar-refractivity contribution >= 4 is 11.4 Å².